The molecule has 35 heavy (non-hydrogen) atoms. The standard InChI is InChI=1S/C23H13F5N6.Pt/c1-22(2,16-7-4-6-14(30-16)13-10-11-18(24)32-21(13)25)17-8-5-9-19(31-17)34-12-15(29-3)20(33-34)23(26,27)28;/h4-9,11H,1-2H3;/q-2;+2. The molecule has 6 nitrogen and oxygen atoms in total. The van der Waals surface area contributed by atoms with Crippen molar-refractivity contribution in [3.05, 3.63) is 95.1 Å². The second-order valence-corrected chi connectivity index (χ2v) is 7.63. The zero-order valence-electron chi connectivity index (χ0n) is 17.9. The van der Waals surface area contributed by atoms with E-state index in [2.05, 4.69) is 37.2 Å². The first-order valence-electron chi connectivity index (χ1n) is 9.67. The van der Waals surface area contributed by atoms with Crippen molar-refractivity contribution in [3.8, 4) is 17.1 Å². The van der Waals surface area contributed by atoms with E-state index >= 15 is 0 Å². The average Bonchev–Trinajstić information content (AvgIpc) is 3.25. The van der Waals surface area contributed by atoms with Crippen LogP contribution < -0.4 is 0 Å². The Labute approximate surface area is 211 Å². The molecule has 0 aliphatic heterocycles. The molecule has 0 spiro atoms. The molecule has 0 aliphatic rings. The van der Waals surface area contributed by atoms with Gasteiger partial charge in [-0.15, -0.1) is 6.07 Å². The van der Waals surface area contributed by atoms with Crippen LogP contribution in [0.25, 0.3) is 21.9 Å². The Bertz CT molecular complexity index is 1420. The molecule has 0 aromatic carbocycles. The van der Waals surface area contributed by atoms with E-state index in [9.17, 15) is 22.0 Å². The van der Waals surface area contributed by atoms with Crippen molar-refractivity contribution in [2.45, 2.75) is 25.4 Å². The number of nitrogens with zero attached hydrogens (tertiary/aromatic N) is 6. The summed E-state index contributed by atoms with van der Waals surface area (Å²) in [7, 11) is 0. The number of pyridine rings is 3. The zero-order chi connectivity index (χ0) is 24.7. The van der Waals surface area contributed by atoms with E-state index in [1.54, 1.807) is 38.1 Å². The van der Waals surface area contributed by atoms with E-state index in [0.29, 0.717) is 11.4 Å². The minimum Gasteiger partial charge on any atom is -0.356 e. The molecule has 4 heterocycles. The fourth-order valence-electron chi connectivity index (χ4n) is 3.20. The summed E-state index contributed by atoms with van der Waals surface area (Å²) in [6.45, 7) is 10.5. The molecule has 0 fully saturated rings. The Morgan fingerprint density at radius 2 is 1.63 bits per heavy atom. The maximum absolute atomic E-state index is 14.1. The van der Waals surface area contributed by atoms with E-state index < -0.39 is 34.9 Å². The van der Waals surface area contributed by atoms with Crippen LogP contribution in [0.15, 0.2) is 42.5 Å². The molecule has 0 amide bonds. The van der Waals surface area contributed by atoms with Gasteiger partial charge in [0.2, 0.25) is 0 Å². The normalized spacial score (nSPS) is 11.6. The van der Waals surface area contributed by atoms with Gasteiger partial charge in [0.25, 0.3) is 0 Å². The van der Waals surface area contributed by atoms with E-state index in [1.807, 2.05) is 0 Å². The van der Waals surface area contributed by atoms with Crippen LogP contribution in [-0.4, -0.2) is 24.7 Å². The second kappa shape index (κ2) is 9.62. The average molecular weight is 663 g/mol. The van der Waals surface area contributed by atoms with Crippen LogP contribution in [0.5, 0.6) is 0 Å². The predicted molar refractivity (Wildman–Crippen MR) is 110 cm³/mol. The summed E-state index contributed by atoms with van der Waals surface area (Å²) < 4.78 is 67.5. The Kier molecular flexibility index (Phi) is 7.18. The third kappa shape index (κ3) is 5.12. The first-order chi connectivity index (χ1) is 16.0. The summed E-state index contributed by atoms with van der Waals surface area (Å²) >= 11 is 0. The Balaban J connectivity index is 0.00000342. The molecule has 0 unspecified atom stereocenters. The number of alkyl halides is 3. The van der Waals surface area contributed by atoms with Gasteiger partial charge in [-0.05, 0) is 31.7 Å². The molecule has 0 radical (unpaired) electrons. The molecule has 180 valence electrons. The fraction of sp³-hybridized carbons (Fsp3) is 0.174. The maximum Gasteiger partial charge on any atom is 2.00 e. The van der Waals surface area contributed by atoms with Crippen molar-refractivity contribution in [1.29, 1.82) is 0 Å². The second-order valence-electron chi connectivity index (χ2n) is 7.63. The molecule has 4 rings (SSSR count). The number of hydrogen-bond acceptors (Lipinski definition) is 4. The minimum absolute atomic E-state index is 0. The van der Waals surface area contributed by atoms with Gasteiger partial charge in [0.05, 0.1) is 18.1 Å². The van der Waals surface area contributed by atoms with Crippen LogP contribution in [0, 0.1) is 30.7 Å². The minimum atomic E-state index is -4.82. The molecule has 12 heteroatoms. The third-order valence-electron chi connectivity index (χ3n) is 5.00. The van der Waals surface area contributed by atoms with Gasteiger partial charge in [0.15, 0.2) is 0 Å². The molecular weight excluding hydrogens is 650 g/mol. The maximum atomic E-state index is 14.1. The van der Waals surface area contributed by atoms with Gasteiger partial charge in [-0.3, -0.25) is 19.9 Å². The van der Waals surface area contributed by atoms with Crippen molar-refractivity contribution in [2.24, 2.45) is 0 Å². The fourth-order valence-corrected chi connectivity index (χ4v) is 3.20. The van der Waals surface area contributed by atoms with Crippen molar-refractivity contribution in [1.82, 2.24) is 24.7 Å². The van der Waals surface area contributed by atoms with Gasteiger partial charge in [0, 0.05) is 16.8 Å². The Hall–Kier alpha value is -3.51. The smallest absolute Gasteiger partial charge is 0.356 e. The molecule has 4 aromatic rings. The quantitative estimate of drug-likeness (QED) is 0.165. The number of hydrogen-bond donors (Lipinski definition) is 0. The summed E-state index contributed by atoms with van der Waals surface area (Å²) in [6, 6.07) is 12.8. The first kappa shape index (κ1) is 26.1. The van der Waals surface area contributed by atoms with Crippen molar-refractivity contribution < 1.29 is 43.0 Å². The van der Waals surface area contributed by atoms with Crippen LogP contribution in [0.3, 0.4) is 0 Å². The number of aromatic nitrogens is 5. The van der Waals surface area contributed by atoms with Gasteiger partial charge >= 0.3 is 27.2 Å². The Morgan fingerprint density at radius 1 is 0.971 bits per heavy atom. The van der Waals surface area contributed by atoms with E-state index in [-0.39, 0.29) is 38.1 Å². The molecule has 0 bridgehead atoms. The number of rotatable bonds is 4. The van der Waals surface area contributed by atoms with E-state index in [1.165, 1.54) is 12.1 Å². The Morgan fingerprint density at radius 3 is 2.23 bits per heavy atom. The van der Waals surface area contributed by atoms with Crippen LogP contribution in [-0.2, 0) is 32.7 Å². The van der Waals surface area contributed by atoms with Gasteiger partial charge < -0.3 is 9.67 Å². The summed E-state index contributed by atoms with van der Waals surface area (Å²) in [5.74, 6) is -2.05. The number of halogens is 5. The largest absolute Gasteiger partial charge is 2.00 e. The van der Waals surface area contributed by atoms with Crippen molar-refractivity contribution in [2.75, 3.05) is 0 Å². The van der Waals surface area contributed by atoms with Gasteiger partial charge in [-0.1, -0.05) is 42.1 Å². The molecule has 0 atom stereocenters. The topological polar surface area (TPSA) is 60.9 Å². The monoisotopic (exact) mass is 663 g/mol. The van der Waals surface area contributed by atoms with Crippen LogP contribution in [0.4, 0.5) is 27.6 Å². The summed E-state index contributed by atoms with van der Waals surface area (Å²) in [5.41, 5.74) is -2.08. The SMILES string of the molecule is [C-]#[N+]c1[c-]n(-c2cccc(C(C)(C)c3cccc(-c4[c-]cc(F)nc4F)n3)n2)nc1C(F)(F)F.[Pt+2]. The molecule has 0 saturated carbocycles. The van der Waals surface area contributed by atoms with Crippen LogP contribution in [0.1, 0.15) is 30.9 Å². The summed E-state index contributed by atoms with van der Waals surface area (Å²) in [5, 5.41) is 3.45. The van der Waals surface area contributed by atoms with Crippen molar-refractivity contribution in [3.63, 3.8) is 0 Å². The van der Waals surface area contributed by atoms with E-state index in [4.69, 9.17) is 6.57 Å². The third-order valence-corrected chi connectivity index (χ3v) is 5.00. The molecule has 0 N–H and O–H groups in total. The van der Waals surface area contributed by atoms with Gasteiger partial charge in [-0.2, -0.15) is 13.2 Å². The summed E-state index contributed by atoms with van der Waals surface area (Å²) in [6.07, 6.45) is -2.53. The molecule has 0 saturated heterocycles. The predicted octanol–water partition coefficient (Wildman–Crippen LogP) is 5.50. The van der Waals surface area contributed by atoms with Crippen molar-refractivity contribution >= 4 is 5.69 Å². The molecular formula is C23H13F5N6Pt. The molecule has 0 aliphatic carbocycles. The van der Waals surface area contributed by atoms with E-state index in [0.717, 1.165) is 10.7 Å². The summed E-state index contributed by atoms with van der Waals surface area (Å²) in [4.78, 5) is 14.9. The van der Waals surface area contributed by atoms with Crippen LogP contribution >= 0.6 is 0 Å². The molecule has 4 aromatic heterocycles. The first-order valence-corrected chi connectivity index (χ1v) is 9.67. The zero-order valence-corrected chi connectivity index (χ0v) is 20.2. The van der Waals surface area contributed by atoms with Gasteiger partial charge in [-0.25, -0.2) is 8.78 Å². The van der Waals surface area contributed by atoms with Gasteiger partial charge in [0.1, 0.15) is 17.6 Å². The van der Waals surface area contributed by atoms with Crippen LogP contribution in [0.2, 0.25) is 0 Å².